The smallest absolute Gasteiger partial charge is 0.156 e. The van der Waals surface area contributed by atoms with Crippen molar-refractivity contribution in [1.29, 1.82) is 0 Å². The maximum Gasteiger partial charge on any atom is 0.156 e. The van der Waals surface area contributed by atoms with Crippen LogP contribution in [0.5, 0.6) is 0 Å². The Hall–Kier alpha value is -2.23. The molecule has 0 aromatic heterocycles. The minimum absolute atomic E-state index is 0.127. The van der Waals surface area contributed by atoms with E-state index in [1.54, 1.807) is 12.1 Å². The molecule has 0 aliphatic heterocycles. The van der Waals surface area contributed by atoms with E-state index in [0.29, 0.717) is 11.8 Å². The van der Waals surface area contributed by atoms with Gasteiger partial charge in [-0.2, -0.15) is 0 Å². The number of rotatable bonds is 2. The van der Waals surface area contributed by atoms with Crippen LogP contribution in [-0.4, -0.2) is 6.29 Å². The number of hydrogen-bond acceptors (Lipinski definition) is 2. The first kappa shape index (κ1) is 11.3. The molecule has 2 nitrogen and oxygen atoms in total. The molecular weight excluding hydrogens is 224 g/mol. The number of hydrogen-bond donors (Lipinski definition) is 1. The van der Waals surface area contributed by atoms with Gasteiger partial charge in [0, 0.05) is 5.56 Å². The van der Waals surface area contributed by atoms with Crippen LogP contribution in [0.1, 0.15) is 10.4 Å². The molecule has 2 aromatic rings. The Bertz CT molecular complexity index is 582. The van der Waals surface area contributed by atoms with Crippen LogP contribution in [-0.2, 0) is 0 Å². The predicted molar refractivity (Wildman–Crippen MR) is 61.6 cm³/mol. The highest BCUT2D eigenvalue weighted by atomic mass is 19.1. The Kier molecular flexibility index (Phi) is 2.87. The number of halogens is 2. The van der Waals surface area contributed by atoms with Gasteiger partial charge >= 0.3 is 0 Å². The van der Waals surface area contributed by atoms with Crippen molar-refractivity contribution in [1.82, 2.24) is 0 Å². The van der Waals surface area contributed by atoms with E-state index >= 15 is 0 Å². The number of benzene rings is 2. The van der Waals surface area contributed by atoms with E-state index in [9.17, 15) is 13.6 Å². The minimum Gasteiger partial charge on any atom is -0.396 e. The quantitative estimate of drug-likeness (QED) is 0.640. The monoisotopic (exact) mass is 233 g/mol. The standard InChI is InChI=1S/C13H9F2NO/c14-10-4-5-11(16)13(15)12(10)9-3-1-2-8(6-9)7-17/h1-7H,16H2. The van der Waals surface area contributed by atoms with Crippen LogP contribution in [0.15, 0.2) is 36.4 Å². The molecule has 0 bridgehead atoms. The molecule has 17 heavy (non-hydrogen) atoms. The van der Waals surface area contributed by atoms with Gasteiger partial charge in [-0.1, -0.05) is 18.2 Å². The molecular formula is C13H9F2NO. The first-order valence-corrected chi connectivity index (χ1v) is 4.92. The van der Waals surface area contributed by atoms with Gasteiger partial charge in [0.05, 0.1) is 11.3 Å². The summed E-state index contributed by atoms with van der Waals surface area (Å²) in [5.74, 6) is -1.52. The molecule has 2 aromatic carbocycles. The van der Waals surface area contributed by atoms with Crippen molar-refractivity contribution < 1.29 is 13.6 Å². The van der Waals surface area contributed by atoms with Crippen LogP contribution in [0.3, 0.4) is 0 Å². The molecule has 0 amide bonds. The number of carbonyl (C=O) groups excluding carboxylic acids is 1. The number of nitrogens with two attached hydrogens (primary N) is 1. The van der Waals surface area contributed by atoms with Gasteiger partial charge in [0.2, 0.25) is 0 Å². The first-order chi connectivity index (χ1) is 8.13. The lowest BCUT2D eigenvalue weighted by Crippen LogP contribution is -1.97. The zero-order valence-corrected chi connectivity index (χ0v) is 8.78. The Morgan fingerprint density at radius 1 is 1.12 bits per heavy atom. The van der Waals surface area contributed by atoms with E-state index in [4.69, 9.17) is 5.73 Å². The molecule has 86 valence electrons. The molecule has 2 N–H and O–H groups in total. The summed E-state index contributed by atoms with van der Waals surface area (Å²) in [5.41, 5.74) is 5.68. The highest BCUT2D eigenvalue weighted by molar-refractivity contribution is 5.79. The molecule has 0 heterocycles. The topological polar surface area (TPSA) is 43.1 Å². The summed E-state index contributed by atoms with van der Waals surface area (Å²) < 4.78 is 27.3. The Labute approximate surface area is 96.7 Å². The van der Waals surface area contributed by atoms with Crippen molar-refractivity contribution in [2.75, 3.05) is 5.73 Å². The molecule has 0 unspecified atom stereocenters. The second-order valence-electron chi connectivity index (χ2n) is 3.57. The second kappa shape index (κ2) is 4.33. The number of aldehydes is 1. The molecule has 0 saturated heterocycles. The fourth-order valence-corrected chi connectivity index (χ4v) is 1.60. The summed E-state index contributed by atoms with van der Waals surface area (Å²) in [7, 11) is 0. The molecule has 0 saturated carbocycles. The van der Waals surface area contributed by atoms with Gasteiger partial charge in [-0.25, -0.2) is 8.78 Å². The summed E-state index contributed by atoms with van der Waals surface area (Å²) in [6.45, 7) is 0. The average molecular weight is 233 g/mol. The SMILES string of the molecule is Nc1ccc(F)c(-c2cccc(C=O)c2)c1F. The highest BCUT2D eigenvalue weighted by Crippen LogP contribution is 2.29. The number of nitrogen functional groups attached to an aromatic ring is 1. The summed E-state index contributed by atoms with van der Waals surface area (Å²) in [6.07, 6.45) is 0.617. The minimum atomic E-state index is -0.812. The molecule has 0 aliphatic rings. The third-order valence-corrected chi connectivity index (χ3v) is 2.43. The van der Waals surface area contributed by atoms with E-state index in [2.05, 4.69) is 0 Å². The molecule has 0 spiro atoms. The summed E-state index contributed by atoms with van der Waals surface area (Å²) in [5, 5.41) is 0. The number of anilines is 1. The predicted octanol–water partition coefficient (Wildman–Crippen LogP) is 3.03. The van der Waals surface area contributed by atoms with Gasteiger partial charge in [0.25, 0.3) is 0 Å². The Morgan fingerprint density at radius 2 is 1.88 bits per heavy atom. The van der Waals surface area contributed by atoms with Crippen LogP contribution < -0.4 is 5.73 Å². The zero-order chi connectivity index (χ0) is 12.4. The molecule has 0 atom stereocenters. The summed E-state index contributed by atoms with van der Waals surface area (Å²) in [4.78, 5) is 10.6. The molecule has 4 heteroatoms. The Morgan fingerprint density at radius 3 is 2.59 bits per heavy atom. The summed E-state index contributed by atoms with van der Waals surface area (Å²) in [6, 6.07) is 8.31. The van der Waals surface area contributed by atoms with Crippen molar-refractivity contribution in [3.63, 3.8) is 0 Å². The van der Waals surface area contributed by atoms with Crippen LogP contribution in [0.2, 0.25) is 0 Å². The molecule has 0 radical (unpaired) electrons. The fourth-order valence-electron chi connectivity index (χ4n) is 1.60. The molecule has 2 rings (SSSR count). The van der Waals surface area contributed by atoms with Crippen molar-refractivity contribution in [3.05, 3.63) is 53.6 Å². The lowest BCUT2D eigenvalue weighted by atomic mass is 10.0. The van der Waals surface area contributed by atoms with Crippen molar-refractivity contribution in [2.24, 2.45) is 0 Å². The molecule has 0 fully saturated rings. The van der Waals surface area contributed by atoms with E-state index in [1.165, 1.54) is 12.1 Å². The second-order valence-corrected chi connectivity index (χ2v) is 3.57. The van der Waals surface area contributed by atoms with Crippen molar-refractivity contribution >= 4 is 12.0 Å². The van der Waals surface area contributed by atoms with Crippen LogP contribution in [0, 0.1) is 11.6 Å². The zero-order valence-electron chi connectivity index (χ0n) is 8.78. The van der Waals surface area contributed by atoms with E-state index in [0.717, 1.165) is 12.1 Å². The maximum absolute atomic E-state index is 13.7. The van der Waals surface area contributed by atoms with Gasteiger partial charge in [0.15, 0.2) is 5.82 Å². The van der Waals surface area contributed by atoms with Crippen LogP contribution in [0.4, 0.5) is 14.5 Å². The van der Waals surface area contributed by atoms with E-state index in [-0.39, 0.29) is 16.8 Å². The largest absolute Gasteiger partial charge is 0.396 e. The highest BCUT2D eigenvalue weighted by Gasteiger charge is 2.14. The van der Waals surface area contributed by atoms with Crippen LogP contribution >= 0.6 is 0 Å². The Balaban J connectivity index is 2.67. The average Bonchev–Trinajstić information content (AvgIpc) is 2.35. The normalized spacial score (nSPS) is 10.2. The van der Waals surface area contributed by atoms with E-state index in [1.807, 2.05) is 0 Å². The summed E-state index contributed by atoms with van der Waals surface area (Å²) >= 11 is 0. The third-order valence-electron chi connectivity index (χ3n) is 2.43. The third kappa shape index (κ3) is 2.01. The van der Waals surface area contributed by atoms with Crippen molar-refractivity contribution in [2.45, 2.75) is 0 Å². The van der Waals surface area contributed by atoms with Gasteiger partial charge in [0.1, 0.15) is 12.1 Å². The van der Waals surface area contributed by atoms with Gasteiger partial charge in [-0.3, -0.25) is 4.79 Å². The van der Waals surface area contributed by atoms with E-state index < -0.39 is 11.6 Å². The van der Waals surface area contributed by atoms with Crippen LogP contribution in [0.25, 0.3) is 11.1 Å². The lowest BCUT2D eigenvalue weighted by Gasteiger charge is -2.07. The van der Waals surface area contributed by atoms with Gasteiger partial charge < -0.3 is 5.73 Å². The fraction of sp³-hybridized carbons (Fsp3) is 0. The first-order valence-electron chi connectivity index (χ1n) is 4.92. The molecule has 0 aliphatic carbocycles. The number of carbonyl (C=O) groups is 1. The van der Waals surface area contributed by atoms with Gasteiger partial charge in [-0.15, -0.1) is 0 Å². The van der Waals surface area contributed by atoms with Crippen molar-refractivity contribution in [3.8, 4) is 11.1 Å². The lowest BCUT2D eigenvalue weighted by molar-refractivity contribution is 0.112. The maximum atomic E-state index is 13.7. The van der Waals surface area contributed by atoms with Gasteiger partial charge in [-0.05, 0) is 23.8 Å².